The number of carbonyl (C=O) groups excluding carboxylic acids is 2. The minimum Gasteiger partial charge on any atom is -0.466 e. The van der Waals surface area contributed by atoms with Crippen molar-refractivity contribution in [3.63, 3.8) is 0 Å². The molecule has 0 spiro atoms. The maximum Gasteiger partial charge on any atom is 0.305 e. The Morgan fingerprint density at radius 1 is 0.333 bits per heavy atom. The molecule has 2 atom stereocenters. The molecule has 0 rings (SSSR count). The van der Waals surface area contributed by atoms with Crippen molar-refractivity contribution in [2.75, 3.05) is 13.2 Å². The lowest BCUT2D eigenvalue weighted by Crippen LogP contribution is -2.45. The normalized spacial score (nSPS) is 12.6. The predicted molar refractivity (Wildman–Crippen MR) is 356 cm³/mol. The van der Waals surface area contributed by atoms with Gasteiger partial charge in [0.25, 0.3) is 0 Å². The zero-order valence-electron chi connectivity index (χ0n) is 55.0. The third kappa shape index (κ3) is 67.3. The second-order valence-electron chi connectivity index (χ2n) is 25.6. The first kappa shape index (κ1) is 79.3. The van der Waals surface area contributed by atoms with E-state index in [9.17, 15) is 19.8 Å². The standard InChI is InChI=1S/C75H145NO5/c1-3-5-7-9-11-13-15-17-19-21-22-23-27-30-33-36-39-43-47-51-55-59-63-67-73(78)72(71-77)76-74(79)68-64-60-56-52-48-44-40-37-34-31-28-25-24-26-29-32-35-38-42-46-50-54-58-62-66-70-81-75(80)69-65-61-57-53-49-45-41-20-18-16-14-12-10-8-6-4-2/h25,28,63,67,72-73,77-78H,3-24,26-27,29-62,64-66,68-71H2,1-2H3,(H,76,79)/b28-25-,67-63+. The van der Waals surface area contributed by atoms with Crippen molar-refractivity contribution in [1.82, 2.24) is 5.32 Å². The highest BCUT2D eigenvalue weighted by atomic mass is 16.5. The van der Waals surface area contributed by atoms with Crippen LogP contribution in [0.1, 0.15) is 418 Å². The van der Waals surface area contributed by atoms with Crippen LogP contribution >= 0.6 is 0 Å². The predicted octanol–water partition coefficient (Wildman–Crippen LogP) is 24.1. The van der Waals surface area contributed by atoms with E-state index in [0.29, 0.717) is 19.4 Å². The third-order valence-corrected chi connectivity index (χ3v) is 17.5. The topological polar surface area (TPSA) is 95.9 Å². The van der Waals surface area contributed by atoms with Crippen LogP contribution in [-0.2, 0) is 14.3 Å². The number of amides is 1. The Kier molecular flexibility index (Phi) is 69.4. The maximum absolute atomic E-state index is 12.5. The number of carbonyl (C=O) groups is 2. The number of rotatable bonds is 70. The fourth-order valence-electron chi connectivity index (χ4n) is 11.8. The molecule has 2 unspecified atom stereocenters. The lowest BCUT2D eigenvalue weighted by Gasteiger charge is -2.20. The maximum atomic E-state index is 12.5. The van der Waals surface area contributed by atoms with Gasteiger partial charge in [0.15, 0.2) is 0 Å². The van der Waals surface area contributed by atoms with E-state index >= 15 is 0 Å². The van der Waals surface area contributed by atoms with Gasteiger partial charge in [0.1, 0.15) is 0 Å². The monoisotopic (exact) mass is 1140 g/mol. The van der Waals surface area contributed by atoms with Crippen LogP contribution in [0.25, 0.3) is 0 Å². The van der Waals surface area contributed by atoms with Gasteiger partial charge in [-0.3, -0.25) is 9.59 Å². The summed E-state index contributed by atoms with van der Waals surface area (Å²) >= 11 is 0. The molecule has 81 heavy (non-hydrogen) atoms. The van der Waals surface area contributed by atoms with Crippen LogP contribution < -0.4 is 5.32 Å². The fraction of sp³-hybridized carbons (Fsp3) is 0.920. The molecule has 1 amide bonds. The van der Waals surface area contributed by atoms with Crippen molar-refractivity contribution in [1.29, 1.82) is 0 Å². The Hall–Kier alpha value is -1.66. The molecule has 0 aliphatic carbocycles. The SMILES string of the molecule is CCCCCCCCCCCCCCCCCCCCCCC/C=C/C(O)C(CO)NC(=O)CCCCCCCCCCC/C=C\CCCCCCCCCCCCCCOC(=O)CCCCCCCCCCCCCCCCCC. The Bertz CT molecular complexity index is 1270. The summed E-state index contributed by atoms with van der Waals surface area (Å²) < 4.78 is 5.50. The van der Waals surface area contributed by atoms with Gasteiger partial charge in [0, 0.05) is 12.8 Å². The summed E-state index contributed by atoms with van der Waals surface area (Å²) in [7, 11) is 0. The van der Waals surface area contributed by atoms with Gasteiger partial charge in [-0.2, -0.15) is 0 Å². The van der Waals surface area contributed by atoms with E-state index in [4.69, 9.17) is 4.74 Å². The first-order chi connectivity index (χ1) is 40.0. The van der Waals surface area contributed by atoms with Crippen molar-refractivity contribution in [2.24, 2.45) is 0 Å². The van der Waals surface area contributed by atoms with Crippen molar-refractivity contribution in [3.05, 3.63) is 24.3 Å². The summed E-state index contributed by atoms with van der Waals surface area (Å²) in [6.07, 6.45) is 89.8. The first-order valence-corrected chi connectivity index (χ1v) is 37.1. The summed E-state index contributed by atoms with van der Waals surface area (Å²) in [6.45, 7) is 4.95. The Labute approximate surface area is 507 Å². The number of allylic oxidation sites excluding steroid dienone is 3. The molecular formula is C75H145NO5. The molecule has 0 saturated heterocycles. The van der Waals surface area contributed by atoms with Gasteiger partial charge in [-0.25, -0.2) is 0 Å². The van der Waals surface area contributed by atoms with Gasteiger partial charge in [-0.1, -0.05) is 372 Å². The van der Waals surface area contributed by atoms with Crippen LogP contribution in [0, 0.1) is 0 Å². The molecule has 0 aliphatic rings. The molecule has 6 heteroatoms. The number of hydrogen-bond acceptors (Lipinski definition) is 5. The van der Waals surface area contributed by atoms with Crippen LogP contribution in [0.3, 0.4) is 0 Å². The van der Waals surface area contributed by atoms with Crippen LogP contribution in [-0.4, -0.2) is 47.4 Å². The van der Waals surface area contributed by atoms with Crippen LogP contribution in [0.2, 0.25) is 0 Å². The number of esters is 1. The summed E-state index contributed by atoms with van der Waals surface area (Å²) in [5, 5.41) is 23.3. The minimum atomic E-state index is -0.848. The second-order valence-corrected chi connectivity index (χ2v) is 25.6. The zero-order chi connectivity index (χ0) is 58.5. The molecule has 0 fully saturated rings. The third-order valence-electron chi connectivity index (χ3n) is 17.5. The number of aliphatic hydroxyl groups excluding tert-OH is 2. The highest BCUT2D eigenvalue weighted by Gasteiger charge is 2.18. The molecule has 0 heterocycles. The zero-order valence-corrected chi connectivity index (χ0v) is 55.0. The van der Waals surface area contributed by atoms with Gasteiger partial charge in [0.2, 0.25) is 5.91 Å². The van der Waals surface area contributed by atoms with Crippen molar-refractivity contribution >= 4 is 11.9 Å². The van der Waals surface area contributed by atoms with Crippen LogP contribution in [0.15, 0.2) is 24.3 Å². The molecule has 0 radical (unpaired) electrons. The lowest BCUT2D eigenvalue weighted by atomic mass is 10.0. The van der Waals surface area contributed by atoms with E-state index in [0.717, 1.165) is 38.5 Å². The van der Waals surface area contributed by atoms with E-state index < -0.39 is 12.1 Å². The van der Waals surface area contributed by atoms with Crippen molar-refractivity contribution in [3.8, 4) is 0 Å². The molecule has 3 N–H and O–H groups in total. The Morgan fingerprint density at radius 3 is 0.877 bits per heavy atom. The quantitative estimate of drug-likeness (QED) is 0.0320. The molecule has 0 aromatic heterocycles. The molecule has 0 saturated carbocycles. The first-order valence-electron chi connectivity index (χ1n) is 37.1. The highest BCUT2D eigenvalue weighted by molar-refractivity contribution is 5.76. The minimum absolute atomic E-state index is 0.0175. The summed E-state index contributed by atoms with van der Waals surface area (Å²) in [6, 6.07) is -0.631. The number of aliphatic hydroxyl groups is 2. The molecular weight excluding hydrogens is 995 g/mol. The van der Waals surface area contributed by atoms with Crippen LogP contribution in [0.4, 0.5) is 0 Å². The number of hydrogen-bond donors (Lipinski definition) is 3. The number of nitrogens with one attached hydrogen (secondary N) is 1. The van der Waals surface area contributed by atoms with Gasteiger partial charge in [-0.05, 0) is 57.8 Å². The summed E-state index contributed by atoms with van der Waals surface area (Å²) in [5.41, 5.74) is 0. The van der Waals surface area contributed by atoms with E-state index in [2.05, 4.69) is 31.3 Å². The summed E-state index contributed by atoms with van der Waals surface area (Å²) in [4.78, 5) is 24.6. The number of unbranched alkanes of at least 4 members (excludes halogenated alkanes) is 57. The molecule has 480 valence electrons. The van der Waals surface area contributed by atoms with Crippen molar-refractivity contribution in [2.45, 2.75) is 431 Å². The van der Waals surface area contributed by atoms with Crippen LogP contribution in [0.5, 0.6) is 0 Å². The van der Waals surface area contributed by atoms with Gasteiger partial charge in [-0.15, -0.1) is 0 Å². The Balaban J connectivity index is 3.41. The molecule has 0 aromatic carbocycles. The molecule has 0 aliphatic heterocycles. The highest BCUT2D eigenvalue weighted by Crippen LogP contribution is 2.19. The largest absolute Gasteiger partial charge is 0.466 e. The van der Waals surface area contributed by atoms with E-state index in [1.807, 2.05) is 6.08 Å². The Morgan fingerprint density at radius 2 is 0.580 bits per heavy atom. The van der Waals surface area contributed by atoms with Gasteiger partial charge >= 0.3 is 5.97 Å². The van der Waals surface area contributed by atoms with E-state index in [1.165, 1.54) is 353 Å². The van der Waals surface area contributed by atoms with E-state index in [1.54, 1.807) is 6.08 Å². The second kappa shape index (κ2) is 70.8. The average molecular weight is 1140 g/mol. The van der Waals surface area contributed by atoms with Gasteiger partial charge < -0.3 is 20.3 Å². The molecule has 0 bridgehead atoms. The van der Waals surface area contributed by atoms with E-state index in [-0.39, 0.29) is 18.5 Å². The lowest BCUT2D eigenvalue weighted by molar-refractivity contribution is -0.143. The van der Waals surface area contributed by atoms with Crippen molar-refractivity contribution < 1.29 is 24.5 Å². The number of ether oxygens (including phenoxy) is 1. The fourth-order valence-corrected chi connectivity index (χ4v) is 11.8. The summed E-state index contributed by atoms with van der Waals surface area (Å²) in [5.74, 6) is -0.0489. The smallest absolute Gasteiger partial charge is 0.305 e. The van der Waals surface area contributed by atoms with Gasteiger partial charge in [0.05, 0.1) is 25.4 Å². The molecule has 0 aromatic rings. The average Bonchev–Trinajstić information content (AvgIpc) is 3.47. The molecule has 6 nitrogen and oxygen atoms in total.